The third-order valence-electron chi connectivity index (χ3n) is 2.24. The number of nitrogens with one attached hydrogen (secondary N) is 1. The van der Waals surface area contributed by atoms with Crippen molar-refractivity contribution in [2.45, 2.75) is 12.7 Å². The van der Waals surface area contributed by atoms with E-state index < -0.39 is 11.7 Å². The number of hydrogen-bond acceptors (Lipinski definition) is 3. The second kappa shape index (κ2) is 5.01. The van der Waals surface area contributed by atoms with Gasteiger partial charge in [0.2, 0.25) is 0 Å². The predicted octanol–water partition coefficient (Wildman–Crippen LogP) is 4.07. The van der Waals surface area contributed by atoms with E-state index in [1.54, 1.807) is 6.07 Å². The van der Waals surface area contributed by atoms with Crippen LogP contribution in [0.3, 0.4) is 0 Å². The molecule has 7 heteroatoms. The van der Waals surface area contributed by atoms with Crippen molar-refractivity contribution >= 4 is 21.6 Å². The van der Waals surface area contributed by atoms with Crippen LogP contribution in [0.15, 0.2) is 39.5 Å². The third-order valence-corrected chi connectivity index (χ3v) is 2.90. The molecule has 96 valence electrons. The van der Waals surface area contributed by atoms with E-state index in [2.05, 4.69) is 26.4 Å². The summed E-state index contributed by atoms with van der Waals surface area (Å²) in [7, 11) is 0. The van der Waals surface area contributed by atoms with Gasteiger partial charge in [-0.15, -0.1) is 0 Å². The van der Waals surface area contributed by atoms with E-state index in [9.17, 15) is 13.2 Å². The van der Waals surface area contributed by atoms with Crippen LogP contribution in [0.2, 0.25) is 0 Å². The molecule has 1 aromatic carbocycles. The molecule has 0 unspecified atom stereocenters. The van der Waals surface area contributed by atoms with E-state index in [4.69, 9.17) is 4.52 Å². The van der Waals surface area contributed by atoms with E-state index in [-0.39, 0.29) is 0 Å². The summed E-state index contributed by atoms with van der Waals surface area (Å²) >= 11 is 3.10. The first-order valence-electron chi connectivity index (χ1n) is 4.97. The molecule has 1 N–H and O–H groups in total. The largest absolute Gasteiger partial charge is 0.416 e. The number of aromatic nitrogens is 1. The normalized spacial score (nSPS) is 11.6. The molecular formula is C11H8BrF3N2O. The van der Waals surface area contributed by atoms with Crippen LogP contribution in [-0.4, -0.2) is 5.16 Å². The second-order valence-electron chi connectivity index (χ2n) is 3.52. The number of nitrogens with zero attached hydrogens (tertiary/aromatic N) is 1. The third kappa shape index (κ3) is 3.04. The van der Waals surface area contributed by atoms with Crippen LogP contribution in [0.25, 0.3) is 0 Å². The average Bonchev–Trinajstić information content (AvgIpc) is 2.79. The average molecular weight is 321 g/mol. The first-order chi connectivity index (χ1) is 8.47. The maximum absolute atomic E-state index is 12.4. The predicted molar refractivity (Wildman–Crippen MR) is 63.0 cm³/mol. The van der Waals surface area contributed by atoms with Gasteiger partial charge in [-0.25, -0.2) is 0 Å². The Morgan fingerprint density at radius 1 is 1.28 bits per heavy atom. The Morgan fingerprint density at radius 3 is 2.61 bits per heavy atom. The Morgan fingerprint density at radius 2 is 2.06 bits per heavy atom. The van der Waals surface area contributed by atoms with Crippen molar-refractivity contribution in [3.8, 4) is 0 Å². The Balaban J connectivity index is 2.10. The monoisotopic (exact) mass is 320 g/mol. The van der Waals surface area contributed by atoms with Crippen LogP contribution in [-0.2, 0) is 12.7 Å². The van der Waals surface area contributed by atoms with Crippen molar-refractivity contribution < 1.29 is 17.7 Å². The molecule has 0 saturated carbocycles. The Bertz CT molecular complexity index is 526. The van der Waals surface area contributed by atoms with Gasteiger partial charge in [-0.1, -0.05) is 5.16 Å². The van der Waals surface area contributed by atoms with Crippen molar-refractivity contribution in [2.24, 2.45) is 0 Å². The van der Waals surface area contributed by atoms with Crippen LogP contribution in [0, 0.1) is 0 Å². The van der Waals surface area contributed by atoms with E-state index in [1.165, 1.54) is 12.3 Å². The molecule has 0 amide bonds. The summed E-state index contributed by atoms with van der Waals surface area (Å²) < 4.78 is 42.5. The highest BCUT2D eigenvalue weighted by molar-refractivity contribution is 9.10. The van der Waals surface area contributed by atoms with E-state index in [0.717, 1.165) is 12.1 Å². The Labute approximate surface area is 109 Å². The number of halogens is 4. The molecule has 0 spiro atoms. The molecule has 3 nitrogen and oxygen atoms in total. The minimum Gasteiger partial charge on any atom is -0.377 e. The maximum Gasteiger partial charge on any atom is 0.416 e. The van der Waals surface area contributed by atoms with Gasteiger partial charge >= 0.3 is 6.18 Å². The van der Waals surface area contributed by atoms with Crippen molar-refractivity contribution in [1.82, 2.24) is 5.16 Å². The smallest absolute Gasteiger partial charge is 0.377 e. The van der Waals surface area contributed by atoms with Crippen molar-refractivity contribution in [3.05, 3.63) is 46.3 Å². The van der Waals surface area contributed by atoms with Gasteiger partial charge in [0.25, 0.3) is 0 Å². The fraction of sp³-hybridized carbons (Fsp3) is 0.182. The minimum atomic E-state index is -4.34. The lowest BCUT2D eigenvalue weighted by molar-refractivity contribution is -0.137. The zero-order chi connectivity index (χ0) is 13.2. The molecule has 0 bridgehead atoms. The molecule has 0 aliphatic heterocycles. The highest BCUT2D eigenvalue weighted by Crippen LogP contribution is 2.33. The lowest BCUT2D eigenvalue weighted by atomic mass is 10.2. The molecule has 18 heavy (non-hydrogen) atoms. The molecule has 1 heterocycles. The standard InChI is InChI=1S/C11H8BrF3N2O/c12-9-5-7(11(13,14)15)1-2-10(9)16-6-8-3-4-17-18-8/h1-5,16H,6H2. The zero-order valence-electron chi connectivity index (χ0n) is 8.96. The fourth-order valence-electron chi connectivity index (χ4n) is 1.35. The van der Waals surface area contributed by atoms with Gasteiger partial charge in [0.05, 0.1) is 18.3 Å². The fourth-order valence-corrected chi connectivity index (χ4v) is 1.87. The molecule has 0 saturated heterocycles. The first-order valence-corrected chi connectivity index (χ1v) is 5.76. The van der Waals surface area contributed by atoms with Crippen LogP contribution in [0.4, 0.5) is 18.9 Å². The Kier molecular flexibility index (Phi) is 3.60. The molecular weight excluding hydrogens is 313 g/mol. The molecule has 0 atom stereocenters. The number of alkyl halides is 3. The topological polar surface area (TPSA) is 38.1 Å². The highest BCUT2D eigenvalue weighted by Gasteiger charge is 2.30. The van der Waals surface area contributed by atoms with Gasteiger partial charge in [0, 0.05) is 16.2 Å². The summed E-state index contributed by atoms with van der Waals surface area (Å²) in [5.74, 6) is 0.599. The number of hydrogen-bond donors (Lipinski definition) is 1. The highest BCUT2D eigenvalue weighted by atomic mass is 79.9. The molecule has 0 aliphatic carbocycles. The SMILES string of the molecule is FC(F)(F)c1ccc(NCc2ccno2)c(Br)c1. The number of benzene rings is 1. The van der Waals surface area contributed by atoms with Crippen LogP contribution in [0.1, 0.15) is 11.3 Å². The van der Waals surface area contributed by atoms with Gasteiger partial charge in [-0.3, -0.25) is 0 Å². The summed E-state index contributed by atoms with van der Waals surface area (Å²) in [5.41, 5.74) is -0.140. The Hall–Kier alpha value is -1.50. The summed E-state index contributed by atoms with van der Waals surface area (Å²) in [6.07, 6.45) is -2.84. The van der Waals surface area contributed by atoms with E-state index >= 15 is 0 Å². The quantitative estimate of drug-likeness (QED) is 0.926. The van der Waals surface area contributed by atoms with Gasteiger partial charge < -0.3 is 9.84 Å². The molecule has 2 aromatic rings. The van der Waals surface area contributed by atoms with Gasteiger partial charge in [-0.05, 0) is 34.1 Å². The van der Waals surface area contributed by atoms with Gasteiger partial charge in [-0.2, -0.15) is 13.2 Å². The van der Waals surface area contributed by atoms with Crippen molar-refractivity contribution in [1.29, 1.82) is 0 Å². The van der Waals surface area contributed by atoms with E-state index in [1.807, 2.05) is 0 Å². The van der Waals surface area contributed by atoms with Crippen molar-refractivity contribution in [2.75, 3.05) is 5.32 Å². The second-order valence-corrected chi connectivity index (χ2v) is 4.38. The summed E-state index contributed by atoms with van der Waals surface area (Å²) in [5, 5.41) is 6.47. The summed E-state index contributed by atoms with van der Waals surface area (Å²) in [6.45, 7) is 0.351. The van der Waals surface area contributed by atoms with Crippen LogP contribution in [0.5, 0.6) is 0 Å². The maximum atomic E-state index is 12.4. The molecule has 0 radical (unpaired) electrons. The minimum absolute atomic E-state index is 0.344. The lowest BCUT2D eigenvalue weighted by Crippen LogP contribution is -2.06. The molecule has 0 fully saturated rings. The van der Waals surface area contributed by atoms with Gasteiger partial charge in [0.1, 0.15) is 0 Å². The van der Waals surface area contributed by atoms with Gasteiger partial charge in [0.15, 0.2) is 5.76 Å². The first kappa shape index (κ1) is 12.9. The number of rotatable bonds is 3. The van der Waals surface area contributed by atoms with E-state index in [0.29, 0.717) is 22.5 Å². The van der Waals surface area contributed by atoms with Crippen LogP contribution >= 0.6 is 15.9 Å². The zero-order valence-corrected chi connectivity index (χ0v) is 10.5. The van der Waals surface area contributed by atoms with Crippen LogP contribution < -0.4 is 5.32 Å². The number of anilines is 1. The molecule has 2 rings (SSSR count). The summed E-state index contributed by atoms with van der Waals surface area (Å²) in [6, 6.07) is 5.09. The lowest BCUT2D eigenvalue weighted by Gasteiger charge is -2.11. The molecule has 1 aromatic heterocycles. The van der Waals surface area contributed by atoms with Crippen molar-refractivity contribution in [3.63, 3.8) is 0 Å². The summed E-state index contributed by atoms with van der Waals surface area (Å²) in [4.78, 5) is 0. The molecule has 0 aliphatic rings.